The minimum atomic E-state index is -0.250. The van der Waals surface area contributed by atoms with Crippen LogP contribution in [0.15, 0.2) is 41.8 Å². The van der Waals surface area contributed by atoms with E-state index in [0.717, 1.165) is 11.3 Å². The van der Waals surface area contributed by atoms with E-state index in [1.807, 2.05) is 24.3 Å². The van der Waals surface area contributed by atoms with E-state index in [4.69, 9.17) is 4.74 Å². The second-order valence-electron chi connectivity index (χ2n) is 5.99. The van der Waals surface area contributed by atoms with Crippen molar-refractivity contribution in [1.29, 1.82) is 0 Å². The summed E-state index contributed by atoms with van der Waals surface area (Å²) in [4.78, 5) is 12.8. The van der Waals surface area contributed by atoms with Crippen molar-refractivity contribution in [2.24, 2.45) is 5.41 Å². The summed E-state index contributed by atoms with van der Waals surface area (Å²) in [5, 5.41) is 5.69. The third kappa shape index (κ3) is 2.44. The lowest BCUT2D eigenvalue weighted by Crippen LogP contribution is -2.40. The molecule has 110 valence electrons. The highest BCUT2D eigenvalue weighted by Gasteiger charge is 2.46. The second kappa shape index (κ2) is 5.19. The maximum Gasteiger partial charge on any atom is 0.303 e. The largest absolute Gasteiger partial charge is 0.457 e. The molecule has 1 N–H and O–H groups in total. The highest BCUT2D eigenvalue weighted by atomic mass is 32.1. The Morgan fingerprint density at radius 2 is 2.00 bits per heavy atom. The van der Waals surface area contributed by atoms with Gasteiger partial charge in [0.25, 0.3) is 0 Å². The molecule has 2 atom stereocenters. The molecule has 0 aliphatic carbocycles. The SMILES string of the molecule is CC(=O)O[C@H]1c2ccccc2N[C@H](c2cccs2)C1(C)C. The Kier molecular flexibility index (Phi) is 3.49. The number of anilines is 1. The molecule has 0 spiro atoms. The number of benzene rings is 1. The molecule has 2 aromatic rings. The summed E-state index contributed by atoms with van der Waals surface area (Å²) < 4.78 is 5.69. The van der Waals surface area contributed by atoms with Crippen LogP contribution in [0.2, 0.25) is 0 Å². The number of para-hydroxylation sites is 1. The normalized spacial score (nSPS) is 23.0. The molecule has 3 rings (SSSR count). The number of hydrogen-bond donors (Lipinski definition) is 1. The lowest BCUT2D eigenvalue weighted by atomic mass is 9.72. The highest BCUT2D eigenvalue weighted by molar-refractivity contribution is 7.10. The first-order valence-corrected chi connectivity index (χ1v) is 7.94. The van der Waals surface area contributed by atoms with Crippen LogP contribution in [0, 0.1) is 5.41 Å². The third-order valence-electron chi connectivity index (χ3n) is 4.07. The number of hydrogen-bond acceptors (Lipinski definition) is 4. The monoisotopic (exact) mass is 301 g/mol. The molecule has 4 heteroatoms. The number of ether oxygens (including phenoxy) is 1. The maximum absolute atomic E-state index is 11.6. The first-order valence-electron chi connectivity index (χ1n) is 7.06. The summed E-state index contributed by atoms with van der Waals surface area (Å²) in [6.45, 7) is 5.77. The van der Waals surface area contributed by atoms with Crippen LogP contribution < -0.4 is 5.32 Å². The van der Waals surface area contributed by atoms with Crippen LogP contribution in [0.25, 0.3) is 0 Å². The van der Waals surface area contributed by atoms with E-state index in [0.29, 0.717) is 0 Å². The van der Waals surface area contributed by atoms with Gasteiger partial charge in [-0.05, 0) is 17.5 Å². The van der Waals surface area contributed by atoms with Gasteiger partial charge >= 0.3 is 5.97 Å². The zero-order chi connectivity index (χ0) is 15.0. The molecule has 1 aliphatic rings. The highest BCUT2D eigenvalue weighted by Crippen LogP contribution is 2.53. The Morgan fingerprint density at radius 3 is 2.67 bits per heavy atom. The minimum Gasteiger partial charge on any atom is -0.457 e. The first kappa shape index (κ1) is 14.1. The van der Waals surface area contributed by atoms with Gasteiger partial charge in [0.1, 0.15) is 6.10 Å². The third-order valence-corrected chi connectivity index (χ3v) is 5.01. The molecule has 0 amide bonds. The van der Waals surface area contributed by atoms with Crippen LogP contribution in [0.4, 0.5) is 5.69 Å². The zero-order valence-electron chi connectivity index (χ0n) is 12.4. The minimum absolute atomic E-state index is 0.122. The molecule has 0 saturated heterocycles. The van der Waals surface area contributed by atoms with Gasteiger partial charge in [0.05, 0.1) is 6.04 Å². The van der Waals surface area contributed by atoms with E-state index in [-0.39, 0.29) is 23.5 Å². The number of fused-ring (bicyclic) bond motifs is 1. The molecule has 0 bridgehead atoms. The fourth-order valence-corrected chi connectivity index (χ4v) is 4.00. The number of carbonyl (C=O) groups excluding carboxylic acids is 1. The smallest absolute Gasteiger partial charge is 0.303 e. The topological polar surface area (TPSA) is 38.3 Å². The quantitative estimate of drug-likeness (QED) is 0.827. The summed E-state index contributed by atoms with van der Waals surface area (Å²) >= 11 is 1.72. The summed E-state index contributed by atoms with van der Waals surface area (Å²) in [5.41, 5.74) is 1.86. The van der Waals surface area contributed by atoms with Crippen molar-refractivity contribution < 1.29 is 9.53 Å². The fourth-order valence-electron chi connectivity index (χ4n) is 3.03. The molecule has 0 saturated carbocycles. The number of rotatable bonds is 2. The van der Waals surface area contributed by atoms with Crippen LogP contribution in [0.3, 0.4) is 0 Å². The van der Waals surface area contributed by atoms with Crippen molar-refractivity contribution in [3.63, 3.8) is 0 Å². The Bertz CT molecular complexity index is 649. The van der Waals surface area contributed by atoms with Crippen molar-refractivity contribution in [3.05, 3.63) is 52.2 Å². The Balaban J connectivity index is 2.10. The number of esters is 1. The van der Waals surface area contributed by atoms with E-state index in [9.17, 15) is 4.79 Å². The van der Waals surface area contributed by atoms with Gasteiger partial charge in [0.15, 0.2) is 0 Å². The summed E-state index contributed by atoms with van der Waals surface area (Å²) in [7, 11) is 0. The van der Waals surface area contributed by atoms with E-state index in [2.05, 4.69) is 36.7 Å². The van der Waals surface area contributed by atoms with Crippen LogP contribution >= 0.6 is 11.3 Å². The Labute approximate surface area is 129 Å². The van der Waals surface area contributed by atoms with Gasteiger partial charge in [0.2, 0.25) is 0 Å². The summed E-state index contributed by atoms with van der Waals surface area (Å²) in [5.74, 6) is -0.241. The van der Waals surface area contributed by atoms with Gasteiger partial charge < -0.3 is 10.1 Å². The van der Waals surface area contributed by atoms with Gasteiger partial charge in [-0.2, -0.15) is 0 Å². The lowest BCUT2D eigenvalue weighted by Gasteiger charge is -2.45. The van der Waals surface area contributed by atoms with E-state index >= 15 is 0 Å². The molecule has 21 heavy (non-hydrogen) atoms. The molecular formula is C17H19NO2S. The fraction of sp³-hybridized carbons (Fsp3) is 0.353. The molecule has 3 nitrogen and oxygen atoms in total. The second-order valence-corrected chi connectivity index (χ2v) is 6.97. The van der Waals surface area contributed by atoms with Crippen LogP contribution in [0.5, 0.6) is 0 Å². The van der Waals surface area contributed by atoms with E-state index < -0.39 is 0 Å². The Morgan fingerprint density at radius 1 is 1.24 bits per heavy atom. The van der Waals surface area contributed by atoms with Crippen molar-refractivity contribution in [3.8, 4) is 0 Å². The van der Waals surface area contributed by atoms with Gasteiger partial charge in [-0.3, -0.25) is 4.79 Å². The molecular weight excluding hydrogens is 282 g/mol. The van der Waals surface area contributed by atoms with E-state index in [1.165, 1.54) is 11.8 Å². The molecule has 0 unspecified atom stereocenters. The molecule has 1 aliphatic heterocycles. The standard InChI is InChI=1S/C17H19NO2S/c1-11(19)20-16-12-7-4-5-8-13(12)18-15(17(16,2)3)14-9-6-10-21-14/h4-10,15-16,18H,1-3H3/t15-,16+/m1/s1. The van der Waals surface area contributed by atoms with Crippen molar-refractivity contribution in [2.75, 3.05) is 5.32 Å². The maximum atomic E-state index is 11.6. The van der Waals surface area contributed by atoms with Crippen LogP contribution in [-0.4, -0.2) is 5.97 Å². The van der Waals surface area contributed by atoms with Gasteiger partial charge in [-0.25, -0.2) is 0 Å². The predicted octanol–water partition coefficient (Wildman–Crippen LogP) is 4.55. The first-order chi connectivity index (χ1) is 10.00. The number of carbonyl (C=O) groups is 1. The summed E-state index contributed by atoms with van der Waals surface area (Å²) in [6.07, 6.45) is -0.250. The van der Waals surface area contributed by atoms with Crippen LogP contribution in [-0.2, 0) is 9.53 Å². The van der Waals surface area contributed by atoms with Crippen molar-refractivity contribution in [2.45, 2.75) is 32.9 Å². The molecule has 1 aromatic carbocycles. The molecule has 1 aromatic heterocycles. The van der Waals surface area contributed by atoms with Gasteiger partial charge in [-0.1, -0.05) is 38.1 Å². The average Bonchev–Trinajstić information content (AvgIpc) is 2.95. The molecule has 0 radical (unpaired) electrons. The number of thiophene rings is 1. The zero-order valence-corrected chi connectivity index (χ0v) is 13.2. The summed E-state index contributed by atoms with van der Waals surface area (Å²) in [6, 6.07) is 12.4. The molecule has 0 fully saturated rings. The van der Waals surface area contributed by atoms with Crippen molar-refractivity contribution >= 4 is 23.0 Å². The van der Waals surface area contributed by atoms with Crippen LogP contribution in [0.1, 0.15) is 43.4 Å². The van der Waals surface area contributed by atoms with Crippen molar-refractivity contribution in [1.82, 2.24) is 0 Å². The predicted molar refractivity (Wildman–Crippen MR) is 85.4 cm³/mol. The average molecular weight is 301 g/mol. The lowest BCUT2D eigenvalue weighted by molar-refractivity contribution is -0.154. The van der Waals surface area contributed by atoms with E-state index in [1.54, 1.807) is 11.3 Å². The number of nitrogens with one attached hydrogen (secondary N) is 1. The van der Waals surface area contributed by atoms with Gasteiger partial charge in [-0.15, -0.1) is 11.3 Å². The van der Waals surface area contributed by atoms with Gasteiger partial charge in [0, 0.05) is 28.5 Å². The Hall–Kier alpha value is -1.81. The molecule has 2 heterocycles.